The van der Waals surface area contributed by atoms with E-state index in [4.69, 9.17) is 27.9 Å². The number of rotatable bonds is 7. The van der Waals surface area contributed by atoms with E-state index >= 15 is 9.18 Å². The molecule has 9 nitrogen and oxygen atoms in total. The first-order valence-electron chi connectivity index (χ1n) is 16.3. The highest BCUT2D eigenvalue weighted by Crippen LogP contribution is 2.64. The maximum Gasteiger partial charge on any atom is 0.260 e. The smallest absolute Gasteiger partial charge is 0.260 e. The Labute approximate surface area is 306 Å². The molecule has 3 fully saturated rings. The second-order valence-electron chi connectivity index (χ2n) is 13.3. The van der Waals surface area contributed by atoms with Crippen LogP contribution < -0.4 is 10.2 Å². The number of nitrogens with one attached hydrogen (secondary N) is 1. The molecule has 4 aliphatic rings. The van der Waals surface area contributed by atoms with Crippen molar-refractivity contribution in [3.05, 3.63) is 122 Å². The molecule has 2 aliphatic heterocycles. The van der Waals surface area contributed by atoms with Gasteiger partial charge in [0.05, 0.1) is 47.5 Å². The van der Waals surface area contributed by atoms with E-state index in [0.717, 1.165) is 9.89 Å². The lowest BCUT2D eigenvalue weighted by Crippen LogP contribution is -2.53. The van der Waals surface area contributed by atoms with Crippen LogP contribution in [0.25, 0.3) is 0 Å². The number of benzene rings is 3. The summed E-state index contributed by atoms with van der Waals surface area (Å²) in [5, 5.41) is 13.6. The number of hydrogen-bond donors (Lipinski definition) is 2. The molecule has 3 aromatic carbocycles. The molecule has 2 N–H and O–H groups in total. The number of anilines is 1. The Hall–Kier alpha value is -4.71. The Morgan fingerprint density at radius 3 is 2.45 bits per heavy atom. The van der Waals surface area contributed by atoms with Crippen LogP contribution in [0.4, 0.5) is 10.1 Å². The van der Waals surface area contributed by atoms with Crippen LogP contribution in [-0.4, -0.2) is 45.8 Å². The number of carbonyl (C=O) groups excluding carboxylic acids is 4. The minimum absolute atomic E-state index is 0.0685. The molecule has 4 amide bonds. The second kappa shape index (κ2) is 12.5. The highest BCUT2D eigenvalue weighted by molar-refractivity contribution is 7.09. The zero-order valence-corrected chi connectivity index (χ0v) is 29.3. The summed E-state index contributed by atoms with van der Waals surface area (Å²) < 4.78 is 20.7. The zero-order valence-electron chi connectivity index (χ0n) is 27.0. The number of allylic oxidation sites excluding steroid dienone is 2. The van der Waals surface area contributed by atoms with E-state index < -0.39 is 58.4 Å². The number of ether oxygens (including phenoxy) is 1. The molecule has 4 aromatic rings. The van der Waals surface area contributed by atoms with Crippen molar-refractivity contribution in [3.63, 3.8) is 0 Å². The van der Waals surface area contributed by atoms with Crippen LogP contribution in [0.3, 0.4) is 0 Å². The van der Waals surface area contributed by atoms with Gasteiger partial charge in [0.2, 0.25) is 11.8 Å². The molecule has 0 bridgehead atoms. The summed E-state index contributed by atoms with van der Waals surface area (Å²) in [6.45, 7) is 0.146. The van der Waals surface area contributed by atoms with Crippen molar-refractivity contribution >= 4 is 63.9 Å². The van der Waals surface area contributed by atoms with Gasteiger partial charge in [0.1, 0.15) is 5.75 Å². The van der Waals surface area contributed by atoms with E-state index in [9.17, 15) is 19.5 Å². The quantitative estimate of drug-likeness (QED) is 0.153. The predicted octanol–water partition coefficient (Wildman–Crippen LogP) is 7.09. The van der Waals surface area contributed by atoms with Gasteiger partial charge in [0.15, 0.2) is 11.6 Å². The highest BCUT2D eigenvalue weighted by Gasteiger charge is 2.70. The van der Waals surface area contributed by atoms with E-state index in [2.05, 4.69) is 5.43 Å². The number of nitrogens with zero attached hydrogens (tertiary/aromatic N) is 2. The molecule has 51 heavy (non-hydrogen) atoms. The third-order valence-corrected chi connectivity index (χ3v) is 12.3. The van der Waals surface area contributed by atoms with Crippen molar-refractivity contribution in [2.45, 2.75) is 30.7 Å². The summed E-state index contributed by atoms with van der Waals surface area (Å²) in [6, 6.07) is 19.1. The summed E-state index contributed by atoms with van der Waals surface area (Å²) in [4.78, 5) is 60.3. The first-order chi connectivity index (χ1) is 24.5. The zero-order chi connectivity index (χ0) is 35.8. The number of likely N-dealkylation sites (tertiary alicyclic amines) is 1. The van der Waals surface area contributed by atoms with Crippen molar-refractivity contribution in [1.29, 1.82) is 0 Å². The molecule has 13 heteroatoms. The molecule has 1 aromatic heterocycles. The van der Waals surface area contributed by atoms with Gasteiger partial charge in [-0.3, -0.25) is 29.5 Å². The van der Waals surface area contributed by atoms with Crippen LogP contribution in [0.5, 0.6) is 11.5 Å². The maximum absolute atomic E-state index is 15.3. The molecule has 6 atom stereocenters. The number of phenolic OH excluding ortho intramolecular Hbond substituents is 1. The molecule has 0 spiro atoms. The Bertz CT molecular complexity index is 2140. The van der Waals surface area contributed by atoms with Gasteiger partial charge in [-0.1, -0.05) is 59.1 Å². The second-order valence-corrected chi connectivity index (χ2v) is 15.1. The third kappa shape index (κ3) is 5.08. The van der Waals surface area contributed by atoms with Crippen LogP contribution in [0.15, 0.2) is 89.8 Å². The van der Waals surface area contributed by atoms with E-state index in [1.54, 1.807) is 36.4 Å². The molecular formula is C38H30Cl2FN3O6S. The number of aromatic hydroxyl groups is 1. The van der Waals surface area contributed by atoms with Gasteiger partial charge in [-0.2, -0.15) is 5.01 Å². The van der Waals surface area contributed by atoms with Gasteiger partial charge < -0.3 is 9.84 Å². The molecule has 260 valence electrons. The molecular weight excluding hydrogens is 716 g/mol. The van der Waals surface area contributed by atoms with E-state index in [1.165, 1.54) is 47.6 Å². The molecule has 8 rings (SSSR count). The van der Waals surface area contributed by atoms with Gasteiger partial charge in [0, 0.05) is 15.8 Å². The number of carbonyl (C=O) groups is 4. The van der Waals surface area contributed by atoms with Crippen molar-refractivity contribution < 1.29 is 33.4 Å². The molecule has 2 saturated heterocycles. The fraction of sp³-hybridized carbons (Fsp3) is 0.263. The van der Waals surface area contributed by atoms with Crippen LogP contribution in [-0.2, 0) is 31.1 Å². The van der Waals surface area contributed by atoms with Gasteiger partial charge in [0.25, 0.3) is 11.8 Å². The number of phenols is 1. The number of hydrogen-bond acceptors (Lipinski definition) is 8. The summed E-state index contributed by atoms with van der Waals surface area (Å²) in [7, 11) is 1.51. The normalized spacial score (nSPS) is 26.9. The molecule has 2 aliphatic carbocycles. The standard InChI is InChI=1S/C38H30Cl2FN3O6S/c1-50-22-8-5-20(6-9-22)38-27(35(47)44(37(38)49)42-30-12-7-21(39)16-28(30)40)17-26-24(33(38)19-4-13-31(45)29(41)15-19)10-11-25-32(26)36(48)43(34(25)46)18-23-3-2-14-51-23/h2-10,12-16,25-27,32-33,42,45H,11,17-18H2,1H3/t25-,26+,27-,32-,33-,38+/m0/s1. The lowest BCUT2D eigenvalue weighted by Gasteiger charge is -2.50. The number of fused-ring (bicyclic) bond motifs is 4. The topological polar surface area (TPSA) is 116 Å². The average molecular weight is 747 g/mol. The monoisotopic (exact) mass is 745 g/mol. The van der Waals surface area contributed by atoms with Crippen molar-refractivity contribution in [1.82, 2.24) is 9.91 Å². The van der Waals surface area contributed by atoms with Crippen LogP contribution >= 0.6 is 34.5 Å². The van der Waals surface area contributed by atoms with Gasteiger partial charge >= 0.3 is 0 Å². The first-order valence-corrected chi connectivity index (χ1v) is 18.0. The van der Waals surface area contributed by atoms with Crippen molar-refractivity contribution in [3.8, 4) is 11.5 Å². The Balaban J connectivity index is 1.32. The lowest BCUT2D eigenvalue weighted by molar-refractivity contribution is -0.141. The number of methoxy groups -OCH3 is 1. The average Bonchev–Trinajstić information content (AvgIpc) is 3.79. The Morgan fingerprint density at radius 2 is 1.76 bits per heavy atom. The minimum atomic E-state index is -1.64. The molecule has 0 radical (unpaired) electrons. The number of halogens is 3. The van der Waals surface area contributed by atoms with Gasteiger partial charge in [-0.25, -0.2) is 4.39 Å². The Kier molecular flexibility index (Phi) is 8.20. The van der Waals surface area contributed by atoms with Gasteiger partial charge in [-0.05, 0) is 83.8 Å². The number of hydrazine groups is 1. The summed E-state index contributed by atoms with van der Waals surface area (Å²) in [6.07, 6.45) is 2.19. The first kappa shape index (κ1) is 33.4. The summed E-state index contributed by atoms with van der Waals surface area (Å²) in [5.74, 6) is -6.83. The van der Waals surface area contributed by atoms with Crippen LogP contribution in [0.2, 0.25) is 10.0 Å². The largest absolute Gasteiger partial charge is 0.505 e. The van der Waals surface area contributed by atoms with Gasteiger partial charge in [-0.15, -0.1) is 11.3 Å². The minimum Gasteiger partial charge on any atom is -0.505 e. The number of thiophene rings is 1. The molecule has 3 heterocycles. The summed E-state index contributed by atoms with van der Waals surface area (Å²) in [5.41, 5.74) is 3.03. The van der Waals surface area contributed by atoms with E-state index in [0.29, 0.717) is 27.5 Å². The van der Waals surface area contributed by atoms with E-state index in [-0.39, 0.29) is 41.9 Å². The van der Waals surface area contributed by atoms with E-state index in [1.807, 2.05) is 23.6 Å². The number of imide groups is 2. The predicted molar refractivity (Wildman–Crippen MR) is 189 cm³/mol. The third-order valence-electron chi connectivity index (χ3n) is 10.9. The SMILES string of the molecule is COc1ccc([C@@]23C(=O)N(Nc4ccc(Cl)cc4Cl)C(=O)[C@@H]2C[C@@H]2C(=CC[C@@H]4C(=O)N(Cc5cccs5)C(=O)[C@@H]42)[C@@H]3c2ccc(O)c(F)c2)cc1. The molecule has 0 unspecified atom stereocenters. The van der Waals surface area contributed by atoms with Crippen LogP contribution in [0.1, 0.15) is 34.8 Å². The lowest BCUT2D eigenvalue weighted by atomic mass is 9.49. The van der Waals surface area contributed by atoms with Crippen molar-refractivity contribution in [2.75, 3.05) is 12.5 Å². The maximum atomic E-state index is 15.3. The summed E-state index contributed by atoms with van der Waals surface area (Å²) >= 11 is 14.1. The fourth-order valence-corrected chi connectivity index (χ4v) is 9.84. The Morgan fingerprint density at radius 1 is 0.980 bits per heavy atom. The van der Waals surface area contributed by atoms with Crippen LogP contribution in [0, 0.1) is 29.5 Å². The highest BCUT2D eigenvalue weighted by atomic mass is 35.5. The van der Waals surface area contributed by atoms with Crippen molar-refractivity contribution in [2.24, 2.45) is 23.7 Å². The number of amides is 4. The molecule has 1 saturated carbocycles. The fourth-order valence-electron chi connectivity index (χ4n) is 8.70.